The van der Waals surface area contributed by atoms with E-state index < -0.39 is 0 Å². The number of nitrogens with zero attached hydrogens (tertiary/aromatic N) is 2. The molecule has 4 aromatic rings. The average Bonchev–Trinajstić information content (AvgIpc) is 3.20. The molecule has 0 saturated heterocycles. The Morgan fingerprint density at radius 2 is 1.72 bits per heavy atom. The van der Waals surface area contributed by atoms with E-state index in [4.69, 9.17) is 16.6 Å². The highest BCUT2D eigenvalue weighted by atomic mass is 35.5. The Labute approximate surface area is 191 Å². The van der Waals surface area contributed by atoms with E-state index in [0.717, 1.165) is 16.7 Å². The fourth-order valence-corrected chi connectivity index (χ4v) is 3.93. The Bertz CT molecular complexity index is 1240. The molecular formula is C26H23ClFN3O. The molecule has 1 unspecified atom stereocenters. The molecule has 32 heavy (non-hydrogen) atoms. The third-order valence-electron chi connectivity index (χ3n) is 5.35. The zero-order valence-corrected chi connectivity index (χ0v) is 18.6. The predicted molar refractivity (Wildman–Crippen MR) is 126 cm³/mol. The van der Waals surface area contributed by atoms with Gasteiger partial charge < -0.3 is 9.88 Å². The lowest BCUT2D eigenvalue weighted by Crippen LogP contribution is -2.29. The molecule has 6 heteroatoms. The molecule has 1 heterocycles. The second-order valence-corrected chi connectivity index (χ2v) is 7.94. The summed E-state index contributed by atoms with van der Waals surface area (Å²) in [5.74, 6) is 0.142. The summed E-state index contributed by atoms with van der Waals surface area (Å²) in [6.45, 7) is 4.41. The van der Waals surface area contributed by atoms with Gasteiger partial charge in [-0.15, -0.1) is 0 Å². The van der Waals surface area contributed by atoms with Crippen LogP contribution in [-0.2, 0) is 6.54 Å². The Hall–Kier alpha value is -3.44. The summed E-state index contributed by atoms with van der Waals surface area (Å²) in [4.78, 5) is 18.4. The van der Waals surface area contributed by atoms with E-state index >= 15 is 0 Å². The Morgan fingerprint density at radius 3 is 2.38 bits per heavy atom. The maximum Gasteiger partial charge on any atom is 0.270 e. The van der Waals surface area contributed by atoms with E-state index in [0.29, 0.717) is 28.8 Å². The minimum absolute atomic E-state index is 0.256. The van der Waals surface area contributed by atoms with Gasteiger partial charge in [0.05, 0.1) is 6.04 Å². The number of carbonyl (C=O) groups is 1. The molecule has 0 aliphatic carbocycles. The summed E-state index contributed by atoms with van der Waals surface area (Å²) in [5, 5.41) is 3.61. The van der Waals surface area contributed by atoms with Crippen molar-refractivity contribution < 1.29 is 9.18 Å². The van der Waals surface area contributed by atoms with Gasteiger partial charge in [0.25, 0.3) is 5.91 Å². The summed E-state index contributed by atoms with van der Waals surface area (Å²) in [5.41, 5.74) is 3.53. The van der Waals surface area contributed by atoms with Crippen LogP contribution >= 0.6 is 11.6 Å². The first-order valence-corrected chi connectivity index (χ1v) is 10.8. The van der Waals surface area contributed by atoms with Gasteiger partial charge in [0.1, 0.15) is 23.0 Å². The first-order valence-electron chi connectivity index (χ1n) is 10.5. The fourth-order valence-electron chi connectivity index (χ4n) is 3.74. The van der Waals surface area contributed by atoms with Crippen LogP contribution < -0.4 is 5.32 Å². The van der Waals surface area contributed by atoms with Crippen molar-refractivity contribution >= 4 is 17.5 Å². The molecule has 0 spiro atoms. The van der Waals surface area contributed by atoms with E-state index in [9.17, 15) is 9.18 Å². The second-order valence-electron chi connectivity index (χ2n) is 7.50. The van der Waals surface area contributed by atoms with Crippen molar-refractivity contribution in [3.05, 3.63) is 101 Å². The van der Waals surface area contributed by atoms with Gasteiger partial charge in [-0.05, 0) is 43.7 Å². The zero-order valence-electron chi connectivity index (χ0n) is 17.8. The maximum atomic E-state index is 13.5. The standard InChI is InChI=1S/C26H23ClFN3O/c1-3-31-24(26(32)29-17(2)18-12-14-22(28)15-13-18)23(20-10-7-11-21(27)16-20)30-25(31)19-8-5-4-6-9-19/h4-17H,3H2,1-2H3,(H,29,32). The van der Waals surface area contributed by atoms with Crippen molar-refractivity contribution in [1.29, 1.82) is 0 Å². The average molecular weight is 448 g/mol. The predicted octanol–water partition coefficient (Wildman–Crippen LogP) is 6.52. The summed E-state index contributed by atoms with van der Waals surface area (Å²) in [7, 11) is 0. The molecule has 0 saturated carbocycles. The van der Waals surface area contributed by atoms with Crippen molar-refractivity contribution in [2.75, 3.05) is 0 Å². The largest absolute Gasteiger partial charge is 0.344 e. The lowest BCUT2D eigenvalue weighted by atomic mass is 10.1. The number of benzene rings is 3. The third-order valence-corrected chi connectivity index (χ3v) is 5.58. The summed E-state index contributed by atoms with van der Waals surface area (Å²) >= 11 is 6.24. The van der Waals surface area contributed by atoms with E-state index in [2.05, 4.69) is 5.32 Å². The molecule has 3 aromatic carbocycles. The number of hydrogen-bond acceptors (Lipinski definition) is 2. The normalized spacial score (nSPS) is 11.9. The Morgan fingerprint density at radius 1 is 1.03 bits per heavy atom. The molecule has 1 aromatic heterocycles. The van der Waals surface area contributed by atoms with Crippen molar-refractivity contribution in [2.45, 2.75) is 26.4 Å². The van der Waals surface area contributed by atoms with Gasteiger partial charge in [-0.25, -0.2) is 9.37 Å². The molecule has 1 N–H and O–H groups in total. The molecule has 1 atom stereocenters. The first kappa shape index (κ1) is 21.8. The molecule has 0 radical (unpaired) electrons. The van der Waals surface area contributed by atoms with Crippen molar-refractivity contribution in [2.24, 2.45) is 0 Å². The van der Waals surface area contributed by atoms with Crippen molar-refractivity contribution in [3.8, 4) is 22.6 Å². The van der Waals surface area contributed by atoms with Crippen LogP contribution in [0.2, 0.25) is 5.02 Å². The van der Waals surface area contributed by atoms with Crippen LogP contribution in [-0.4, -0.2) is 15.5 Å². The molecule has 162 valence electrons. The van der Waals surface area contributed by atoms with E-state index in [1.54, 1.807) is 24.3 Å². The number of amides is 1. The number of nitrogens with one attached hydrogen (secondary N) is 1. The van der Waals surface area contributed by atoms with Crippen LogP contribution in [0.25, 0.3) is 22.6 Å². The van der Waals surface area contributed by atoms with Gasteiger partial charge in [-0.3, -0.25) is 4.79 Å². The second kappa shape index (κ2) is 9.37. The van der Waals surface area contributed by atoms with Crippen molar-refractivity contribution in [1.82, 2.24) is 14.9 Å². The molecule has 0 aliphatic rings. The summed E-state index contributed by atoms with van der Waals surface area (Å²) < 4.78 is 15.2. The van der Waals surface area contributed by atoms with Crippen LogP contribution in [0.5, 0.6) is 0 Å². The maximum absolute atomic E-state index is 13.5. The molecule has 0 fully saturated rings. The van der Waals surface area contributed by atoms with Crippen LogP contribution in [0.3, 0.4) is 0 Å². The fraction of sp³-hybridized carbons (Fsp3) is 0.154. The number of aromatic nitrogens is 2. The SMILES string of the molecule is CCn1c(-c2ccccc2)nc(-c2cccc(Cl)c2)c1C(=O)NC(C)c1ccc(F)cc1. The van der Waals surface area contributed by atoms with Crippen LogP contribution in [0.1, 0.15) is 35.9 Å². The lowest BCUT2D eigenvalue weighted by molar-refractivity contribution is 0.0931. The number of halogens is 2. The van der Waals surface area contributed by atoms with Gasteiger partial charge in [-0.1, -0.05) is 66.2 Å². The van der Waals surface area contributed by atoms with Gasteiger partial charge in [0.2, 0.25) is 0 Å². The number of hydrogen-bond donors (Lipinski definition) is 1. The number of rotatable bonds is 6. The highest BCUT2D eigenvalue weighted by molar-refractivity contribution is 6.30. The van der Waals surface area contributed by atoms with Crippen molar-refractivity contribution in [3.63, 3.8) is 0 Å². The van der Waals surface area contributed by atoms with Gasteiger partial charge >= 0.3 is 0 Å². The van der Waals surface area contributed by atoms with Gasteiger partial charge in [0.15, 0.2) is 0 Å². The summed E-state index contributed by atoms with van der Waals surface area (Å²) in [6.07, 6.45) is 0. The molecule has 0 bridgehead atoms. The minimum atomic E-state index is -0.313. The topological polar surface area (TPSA) is 46.9 Å². The van der Waals surface area contributed by atoms with Gasteiger partial charge in [0, 0.05) is 22.7 Å². The highest BCUT2D eigenvalue weighted by Crippen LogP contribution is 2.31. The Balaban J connectivity index is 1.80. The van der Waals surface area contributed by atoms with Gasteiger partial charge in [-0.2, -0.15) is 0 Å². The molecular weight excluding hydrogens is 425 g/mol. The number of imidazole rings is 1. The minimum Gasteiger partial charge on any atom is -0.344 e. The smallest absolute Gasteiger partial charge is 0.270 e. The molecule has 0 aliphatic heterocycles. The zero-order chi connectivity index (χ0) is 22.7. The van der Waals surface area contributed by atoms with E-state index in [-0.39, 0.29) is 17.8 Å². The number of carbonyl (C=O) groups excluding carboxylic acids is 1. The van der Waals surface area contributed by atoms with Crippen LogP contribution in [0.4, 0.5) is 4.39 Å². The lowest BCUT2D eigenvalue weighted by Gasteiger charge is -2.16. The molecule has 4 rings (SSSR count). The monoisotopic (exact) mass is 447 g/mol. The molecule has 1 amide bonds. The third kappa shape index (κ3) is 4.43. The van der Waals surface area contributed by atoms with E-state index in [1.165, 1.54) is 12.1 Å². The van der Waals surface area contributed by atoms with Crippen LogP contribution in [0.15, 0.2) is 78.9 Å². The van der Waals surface area contributed by atoms with E-state index in [1.807, 2.05) is 60.9 Å². The Kier molecular flexibility index (Phi) is 6.37. The quantitative estimate of drug-likeness (QED) is 0.365. The molecule has 4 nitrogen and oxygen atoms in total. The highest BCUT2D eigenvalue weighted by Gasteiger charge is 2.25. The van der Waals surface area contributed by atoms with Crippen LogP contribution in [0, 0.1) is 5.82 Å². The summed E-state index contributed by atoms with van der Waals surface area (Å²) in [6, 6.07) is 22.9. The first-order chi connectivity index (χ1) is 15.5.